The summed E-state index contributed by atoms with van der Waals surface area (Å²) in [4.78, 5) is 0.944. The Kier molecular flexibility index (Phi) is 2.80. The van der Waals surface area contributed by atoms with Crippen LogP contribution in [-0.4, -0.2) is 16.8 Å². The molecule has 0 unspecified atom stereocenters. The van der Waals surface area contributed by atoms with Gasteiger partial charge in [-0.3, -0.25) is 0 Å². The summed E-state index contributed by atoms with van der Waals surface area (Å²) in [6.45, 7) is 0.590. The van der Waals surface area contributed by atoms with Gasteiger partial charge in [0, 0.05) is 0 Å². The molecular weight excluding hydrogens is 248 g/mol. The topological polar surface area (TPSA) is 49.7 Å². The molecule has 1 atom stereocenters. The molecule has 1 aliphatic rings. The normalized spacial score (nSPS) is 17.9. The number of phenols is 2. The lowest BCUT2D eigenvalue weighted by Crippen LogP contribution is -2.12. The van der Waals surface area contributed by atoms with Crippen LogP contribution in [0.5, 0.6) is 17.2 Å². The minimum atomic E-state index is 0.180. The van der Waals surface area contributed by atoms with Gasteiger partial charge in [-0.15, -0.1) is 11.8 Å². The Morgan fingerprint density at radius 1 is 1.00 bits per heavy atom. The van der Waals surface area contributed by atoms with Crippen LogP contribution in [0.1, 0.15) is 10.8 Å². The molecule has 0 saturated carbocycles. The molecule has 0 aliphatic carbocycles. The minimum absolute atomic E-state index is 0.180. The molecular formula is C14H12O3S. The molecule has 92 valence electrons. The van der Waals surface area contributed by atoms with Gasteiger partial charge in [0.05, 0.1) is 10.1 Å². The van der Waals surface area contributed by atoms with Crippen LogP contribution in [0.15, 0.2) is 47.4 Å². The van der Waals surface area contributed by atoms with Crippen molar-refractivity contribution in [2.24, 2.45) is 0 Å². The fourth-order valence-electron chi connectivity index (χ4n) is 1.91. The highest BCUT2D eigenvalue weighted by Gasteiger charge is 2.22. The first-order valence-electron chi connectivity index (χ1n) is 5.64. The van der Waals surface area contributed by atoms with E-state index in [2.05, 4.69) is 0 Å². The largest absolute Gasteiger partial charge is 0.508 e. The van der Waals surface area contributed by atoms with Gasteiger partial charge in [0.25, 0.3) is 0 Å². The average molecular weight is 260 g/mol. The first-order valence-corrected chi connectivity index (χ1v) is 6.52. The molecule has 0 saturated heterocycles. The number of aromatic hydroxyl groups is 2. The smallest absolute Gasteiger partial charge is 0.133 e. The molecule has 2 aromatic rings. The van der Waals surface area contributed by atoms with Gasteiger partial charge >= 0.3 is 0 Å². The molecule has 4 heteroatoms. The summed E-state index contributed by atoms with van der Waals surface area (Å²) in [6, 6.07) is 12.3. The van der Waals surface area contributed by atoms with Crippen LogP contribution >= 0.6 is 11.8 Å². The van der Waals surface area contributed by atoms with Gasteiger partial charge in [0.1, 0.15) is 23.9 Å². The van der Waals surface area contributed by atoms with Crippen molar-refractivity contribution in [2.75, 3.05) is 6.61 Å². The molecule has 0 spiro atoms. The van der Waals surface area contributed by atoms with Crippen molar-refractivity contribution >= 4 is 11.8 Å². The van der Waals surface area contributed by atoms with Crippen molar-refractivity contribution in [2.45, 2.75) is 10.1 Å². The van der Waals surface area contributed by atoms with E-state index in [-0.39, 0.29) is 16.7 Å². The van der Waals surface area contributed by atoms with Crippen molar-refractivity contribution in [3.8, 4) is 17.2 Å². The zero-order chi connectivity index (χ0) is 12.5. The van der Waals surface area contributed by atoms with Crippen LogP contribution in [0.25, 0.3) is 0 Å². The van der Waals surface area contributed by atoms with Crippen LogP contribution in [0, 0.1) is 0 Å². The van der Waals surface area contributed by atoms with Crippen molar-refractivity contribution in [1.29, 1.82) is 0 Å². The van der Waals surface area contributed by atoms with E-state index in [1.165, 1.54) is 0 Å². The fourth-order valence-corrected chi connectivity index (χ4v) is 3.08. The number of hydrogen-bond acceptors (Lipinski definition) is 4. The van der Waals surface area contributed by atoms with Gasteiger partial charge < -0.3 is 14.9 Å². The summed E-state index contributed by atoms with van der Waals surface area (Å²) in [5.41, 5.74) is 1.10. The Balaban J connectivity index is 1.88. The molecule has 18 heavy (non-hydrogen) atoms. The lowest BCUT2D eigenvalue weighted by molar-refractivity contribution is 0.303. The SMILES string of the molecule is Oc1ccc([C@@H]2COc3ccc(O)cc3S2)cc1. The van der Waals surface area contributed by atoms with E-state index in [9.17, 15) is 10.2 Å². The van der Waals surface area contributed by atoms with Gasteiger partial charge in [0.2, 0.25) is 0 Å². The van der Waals surface area contributed by atoms with E-state index in [0.29, 0.717) is 6.61 Å². The van der Waals surface area contributed by atoms with Gasteiger partial charge in [-0.25, -0.2) is 0 Å². The maximum absolute atomic E-state index is 9.48. The first-order chi connectivity index (χ1) is 8.72. The predicted octanol–water partition coefficient (Wildman–Crippen LogP) is 3.32. The molecule has 3 rings (SSSR count). The Morgan fingerprint density at radius 2 is 1.72 bits per heavy atom. The third-order valence-corrected chi connectivity index (χ3v) is 4.12. The molecule has 0 radical (unpaired) electrons. The lowest BCUT2D eigenvalue weighted by Gasteiger charge is -2.25. The monoisotopic (exact) mass is 260 g/mol. The number of fused-ring (bicyclic) bond motifs is 1. The van der Waals surface area contributed by atoms with E-state index in [4.69, 9.17) is 4.74 Å². The number of benzene rings is 2. The van der Waals surface area contributed by atoms with Crippen LogP contribution in [0.2, 0.25) is 0 Å². The van der Waals surface area contributed by atoms with Crippen molar-refractivity contribution < 1.29 is 14.9 Å². The molecule has 0 amide bonds. The average Bonchev–Trinajstić information content (AvgIpc) is 2.38. The van der Waals surface area contributed by atoms with E-state index in [0.717, 1.165) is 16.2 Å². The van der Waals surface area contributed by atoms with E-state index in [1.807, 2.05) is 12.1 Å². The number of rotatable bonds is 1. The van der Waals surface area contributed by atoms with E-state index >= 15 is 0 Å². The zero-order valence-electron chi connectivity index (χ0n) is 9.54. The summed E-state index contributed by atoms with van der Waals surface area (Å²) in [5.74, 6) is 1.32. The third-order valence-electron chi connectivity index (χ3n) is 2.85. The van der Waals surface area contributed by atoms with Crippen molar-refractivity contribution in [3.05, 3.63) is 48.0 Å². The molecule has 2 aromatic carbocycles. The third kappa shape index (κ3) is 2.11. The van der Waals surface area contributed by atoms with Crippen molar-refractivity contribution in [1.82, 2.24) is 0 Å². The highest BCUT2D eigenvalue weighted by molar-refractivity contribution is 7.99. The maximum atomic E-state index is 9.48. The predicted molar refractivity (Wildman–Crippen MR) is 70.3 cm³/mol. The Labute approximate surface area is 109 Å². The van der Waals surface area contributed by atoms with Crippen LogP contribution in [-0.2, 0) is 0 Å². The maximum Gasteiger partial charge on any atom is 0.133 e. The van der Waals surface area contributed by atoms with Crippen LogP contribution in [0.3, 0.4) is 0 Å². The van der Waals surface area contributed by atoms with E-state index in [1.54, 1.807) is 42.1 Å². The second-order valence-corrected chi connectivity index (χ2v) is 5.38. The number of thioether (sulfide) groups is 1. The Hall–Kier alpha value is -1.81. The van der Waals surface area contributed by atoms with Crippen molar-refractivity contribution in [3.63, 3.8) is 0 Å². The van der Waals surface area contributed by atoms with Gasteiger partial charge in [-0.1, -0.05) is 12.1 Å². The second kappa shape index (κ2) is 4.46. The lowest BCUT2D eigenvalue weighted by atomic mass is 10.1. The summed E-state index contributed by atoms with van der Waals surface area (Å²) >= 11 is 1.66. The Bertz CT molecular complexity index is 566. The zero-order valence-corrected chi connectivity index (χ0v) is 10.4. The molecule has 0 fully saturated rings. The summed E-state index contributed by atoms with van der Waals surface area (Å²) < 4.78 is 5.68. The number of ether oxygens (including phenoxy) is 1. The summed E-state index contributed by atoms with van der Waals surface area (Å²) in [6.07, 6.45) is 0. The first kappa shape index (κ1) is 11.3. The highest BCUT2D eigenvalue weighted by Crippen LogP contribution is 2.45. The second-order valence-electron chi connectivity index (χ2n) is 4.14. The van der Waals surface area contributed by atoms with Gasteiger partial charge in [-0.2, -0.15) is 0 Å². The minimum Gasteiger partial charge on any atom is -0.508 e. The van der Waals surface area contributed by atoms with Gasteiger partial charge in [-0.05, 0) is 35.9 Å². The summed E-state index contributed by atoms with van der Waals surface area (Å²) in [5, 5.41) is 18.9. The highest BCUT2D eigenvalue weighted by atomic mass is 32.2. The molecule has 3 nitrogen and oxygen atoms in total. The standard InChI is InChI=1S/C14H12O3S/c15-10-3-1-9(2-4-10)14-8-17-12-6-5-11(16)7-13(12)18-14/h1-7,14-16H,8H2/t14-/m0/s1. The molecule has 1 heterocycles. The number of hydrogen-bond donors (Lipinski definition) is 2. The molecule has 0 bridgehead atoms. The van der Waals surface area contributed by atoms with Crippen LogP contribution < -0.4 is 4.74 Å². The number of phenolic OH excluding ortho intramolecular Hbond substituents is 2. The molecule has 0 aromatic heterocycles. The molecule has 1 aliphatic heterocycles. The van der Waals surface area contributed by atoms with Gasteiger partial charge in [0.15, 0.2) is 0 Å². The van der Waals surface area contributed by atoms with Crippen LogP contribution in [0.4, 0.5) is 0 Å². The van der Waals surface area contributed by atoms with E-state index < -0.39 is 0 Å². The Morgan fingerprint density at radius 3 is 2.50 bits per heavy atom. The summed E-state index contributed by atoms with van der Waals surface area (Å²) in [7, 11) is 0. The fraction of sp³-hybridized carbons (Fsp3) is 0.143. The quantitative estimate of drug-likeness (QED) is 0.825. The molecule has 2 N–H and O–H groups in total.